The van der Waals surface area contributed by atoms with Gasteiger partial charge in [-0.05, 0) is 19.8 Å². The molecule has 0 saturated heterocycles. The van der Waals surface area contributed by atoms with E-state index in [1.54, 1.807) is 0 Å². The van der Waals surface area contributed by atoms with Crippen LogP contribution in [-0.2, 0) is 4.79 Å². The van der Waals surface area contributed by atoms with Crippen LogP contribution in [0.5, 0.6) is 0 Å². The van der Waals surface area contributed by atoms with Crippen LogP contribution in [-0.4, -0.2) is 12.3 Å². The average molecular weight is 257 g/mol. The van der Waals surface area contributed by atoms with Crippen LogP contribution in [0.4, 0.5) is 0 Å². The van der Waals surface area contributed by atoms with Crippen LogP contribution in [0.2, 0.25) is 0 Å². The molecule has 1 atom stereocenters. The molecule has 0 aliphatic carbocycles. The molecule has 0 rings (SSSR count). The minimum absolute atomic E-state index is 0. The minimum Gasteiger partial charge on any atom is -0.328 e. The van der Waals surface area contributed by atoms with Crippen molar-refractivity contribution in [1.82, 2.24) is 0 Å². The number of hydrogen-bond donors (Lipinski definition) is 1. The van der Waals surface area contributed by atoms with Crippen molar-refractivity contribution in [3.8, 4) is 0 Å². The smallest absolute Gasteiger partial charge is 0.119 e. The molecule has 0 aliphatic heterocycles. The molecule has 0 saturated carbocycles. The van der Waals surface area contributed by atoms with Gasteiger partial charge < -0.3 is 10.5 Å². The lowest BCUT2D eigenvalue weighted by molar-refractivity contribution is -0.107. The van der Waals surface area contributed by atoms with Crippen molar-refractivity contribution in [3.63, 3.8) is 0 Å². The quantitative estimate of drug-likeness (QED) is 0.463. The molecule has 1 unspecified atom stereocenters. The Morgan fingerprint density at radius 2 is 2.10 bits per heavy atom. The molecule has 0 aromatic heterocycles. The first kappa shape index (κ1) is 13.0. The van der Waals surface area contributed by atoms with E-state index in [0.29, 0.717) is 6.42 Å². The molecule has 62 valence electrons. The first-order valence-electron chi connectivity index (χ1n) is 3.46. The zero-order valence-electron chi connectivity index (χ0n) is 6.38. The molecule has 0 aliphatic rings. The van der Waals surface area contributed by atoms with Gasteiger partial charge in [-0.3, -0.25) is 0 Å². The standard InChI is InChI=1S/C7H15NO.HI/c1-7(8)5-3-2-4-6-9;/h6-7H,2-5,8H2,1H3;1H. The topological polar surface area (TPSA) is 43.1 Å². The molecule has 0 aromatic rings. The predicted molar refractivity (Wildman–Crippen MR) is 53.6 cm³/mol. The third kappa shape index (κ3) is 11.2. The third-order valence-electron chi connectivity index (χ3n) is 1.23. The van der Waals surface area contributed by atoms with Gasteiger partial charge in [0.2, 0.25) is 0 Å². The summed E-state index contributed by atoms with van der Waals surface area (Å²) in [5, 5.41) is 0. The summed E-state index contributed by atoms with van der Waals surface area (Å²) in [7, 11) is 0. The highest BCUT2D eigenvalue weighted by Crippen LogP contribution is 1.99. The Hall–Kier alpha value is 0.360. The molecular weight excluding hydrogens is 241 g/mol. The second-order valence-electron chi connectivity index (χ2n) is 2.43. The van der Waals surface area contributed by atoms with Crippen molar-refractivity contribution < 1.29 is 4.79 Å². The van der Waals surface area contributed by atoms with E-state index in [9.17, 15) is 4.79 Å². The maximum atomic E-state index is 9.82. The van der Waals surface area contributed by atoms with Gasteiger partial charge in [-0.15, -0.1) is 24.0 Å². The summed E-state index contributed by atoms with van der Waals surface area (Å²) in [6, 6.07) is 0.289. The molecule has 0 heterocycles. The van der Waals surface area contributed by atoms with Crippen LogP contribution in [0, 0.1) is 0 Å². The fourth-order valence-electron chi connectivity index (χ4n) is 0.694. The van der Waals surface area contributed by atoms with Crippen LogP contribution in [0.25, 0.3) is 0 Å². The summed E-state index contributed by atoms with van der Waals surface area (Å²) in [6.07, 6.45) is 4.75. The van der Waals surface area contributed by atoms with Gasteiger partial charge in [-0.25, -0.2) is 0 Å². The van der Waals surface area contributed by atoms with Crippen LogP contribution >= 0.6 is 24.0 Å². The lowest BCUT2D eigenvalue weighted by atomic mass is 10.1. The molecule has 0 aromatic carbocycles. The molecule has 0 spiro atoms. The zero-order chi connectivity index (χ0) is 7.11. The van der Waals surface area contributed by atoms with Crippen molar-refractivity contribution in [3.05, 3.63) is 0 Å². The number of carbonyl (C=O) groups excluding carboxylic acids is 1. The molecular formula is C7H16INO. The van der Waals surface area contributed by atoms with Crippen molar-refractivity contribution in [2.45, 2.75) is 38.6 Å². The van der Waals surface area contributed by atoms with E-state index in [2.05, 4.69) is 0 Å². The van der Waals surface area contributed by atoms with E-state index in [-0.39, 0.29) is 30.0 Å². The summed E-state index contributed by atoms with van der Waals surface area (Å²) in [6.45, 7) is 1.99. The lowest BCUT2D eigenvalue weighted by Crippen LogP contribution is -2.13. The van der Waals surface area contributed by atoms with Gasteiger partial charge in [-0.1, -0.05) is 6.42 Å². The molecule has 0 amide bonds. The van der Waals surface area contributed by atoms with Gasteiger partial charge in [0, 0.05) is 12.5 Å². The summed E-state index contributed by atoms with van der Waals surface area (Å²) in [5.41, 5.74) is 5.49. The van der Waals surface area contributed by atoms with E-state index in [0.717, 1.165) is 25.5 Å². The van der Waals surface area contributed by atoms with E-state index < -0.39 is 0 Å². The third-order valence-corrected chi connectivity index (χ3v) is 1.23. The number of unbranched alkanes of at least 4 members (excludes halogenated alkanes) is 2. The highest BCUT2D eigenvalue weighted by Gasteiger charge is 1.92. The van der Waals surface area contributed by atoms with Crippen LogP contribution in [0.1, 0.15) is 32.6 Å². The van der Waals surface area contributed by atoms with Gasteiger partial charge in [-0.2, -0.15) is 0 Å². The van der Waals surface area contributed by atoms with E-state index >= 15 is 0 Å². The Labute approximate surface area is 79.6 Å². The van der Waals surface area contributed by atoms with Gasteiger partial charge >= 0.3 is 0 Å². The monoisotopic (exact) mass is 257 g/mol. The second kappa shape index (κ2) is 9.36. The SMILES string of the molecule is CC(N)CCCCC=O.I. The van der Waals surface area contributed by atoms with Gasteiger partial charge in [0.15, 0.2) is 0 Å². The summed E-state index contributed by atoms with van der Waals surface area (Å²) >= 11 is 0. The summed E-state index contributed by atoms with van der Waals surface area (Å²) < 4.78 is 0. The molecule has 0 bridgehead atoms. The maximum Gasteiger partial charge on any atom is 0.119 e. The minimum atomic E-state index is 0. The number of carbonyl (C=O) groups is 1. The fourth-order valence-corrected chi connectivity index (χ4v) is 0.694. The summed E-state index contributed by atoms with van der Waals surface area (Å²) in [4.78, 5) is 9.82. The zero-order valence-corrected chi connectivity index (χ0v) is 8.71. The number of hydrogen-bond acceptors (Lipinski definition) is 2. The number of nitrogens with two attached hydrogens (primary N) is 1. The van der Waals surface area contributed by atoms with Gasteiger partial charge in [0.05, 0.1) is 0 Å². The Morgan fingerprint density at radius 3 is 2.50 bits per heavy atom. The van der Waals surface area contributed by atoms with Crippen LogP contribution < -0.4 is 5.73 Å². The van der Waals surface area contributed by atoms with Gasteiger partial charge in [0.1, 0.15) is 6.29 Å². The first-order valence-corrected chi connectivity index (χ1v) is 3.46. The second-order valence-corrected chi connectivity index (χ2v) is 2.43. The van der Waals surface area contributed by atoms with Crippen molar-refractivity contribution in [2.24, 2.45) is 5.73 Å². The molecule has 10 heavy (non-hydrogen) atoms. The Balaban J connectivity index is 0. The van der Waals surface area contributed by atoms with Crippen LogP contribution in [0.15, 0.2) is 0 Å². The molecule has 0 fully saturated rings. The fraction of sp³-hybridized carbons (Fsp3) is 0.857. The maximum absolute atomic E-state index is 9.82. The van der Waals surface area contributed by atoms with Gasteiger partial charge in [0.25, 0.3) is 0 Å². The molecule has 3 heteroatoms. The van der Waals surface area contributed by atoms with Crippen molar-refractivity contribution >= 4 is 30.3 Å². The van der Waals surface area contributed by atoms with Crippen molar-refractivity contribution in [1.29, 1.82) is 0 Å². The summed E-state index contributed by atoms with van der Waals surface area (Å²) in [5.74, 6) is 0. The Morgan fingerprint density at radius 1 is 1.50 bits per heavy atom. The van der Waals surface area contributed by atoms with Crippen LogP contribution in [0.3, 0.4) is 0 Å². The highest BCUT2D eigenvalue weighted by molar-refractivity contribution is 14.0. The van der Waals surface area contributed by atoms with E-state index in [1.807, 2.05) is 6.92 Å². The normalized spacial score (nSPS) is 11.8. The number of aldehydes is 1. The van der Waals surface area contributed by atoms with E-state index in [4.69, 9.17) is 5.73 Å². The predicted octanol–water partition coefficient (Wildman–Crippen LogP) is 1.71. The highest BCUT2D eigenvalue weighted by atomic mass is 127. The Kier molecular flexibility index (Phi) is 12.2. The Bertz CT molecular complexity index is 76.0. The molecule has 2 nitrogen and oxygen atoms in total. The largest absolute Gasteiger partial charge is 0.328 e. The van der Waals surface area contributed by atoms with E-state index in [1.165, 1.54) is 0 Å². The number of rotatable bonds is 5. The average Bonchev–Trinajstić information content (AvgIpc) is 1.80. The van der Waals surface area contributed by atoms with Crippen molar-refractivity contribution in [2.75, 3.05) is 0 Å². The first-order chi connectivity index (χ1) is 4.27. The number of halogens is 1. The molecule has 0 radical (unpaired) electrons. The lowest BCUT2D eigenvalue weighted by Gasteiger charge is -2.00. The molecule has 2 N–H and O–H groups in total.